The topological polar surface area (TPSA) is 46.5 Å². The van der Waals surface area contributed by atoms with E-state index in [-0.39, 0.29) is 0 Å². The Morgan fingerprint density at radius 3 is 2.89 bits per heavy atom. The second-order valence-electron chi connectivity index (χ2n) is 3.80. The molecule has 2 aromatic rings. The van der Waals surface area contributed by atoms with Crippen molar-refractivity contribution in [2.75, 3.05) is 0 Å². The molecule has 6 heteroatoms. The van der Waals surface area contributed by atoms with Gasteiger partial charge < -0.3 is 9.84 Å². The van der Waals surface area contributed by atoms with Crippen LogP contribution in [0.4, 0.5) is 0 Å². The molecule has 0 radical (unpaired) electrons. The van der Waals surface area contributed by atoms with E-state index in [0.29, 0.717) is 27.3 Å². The van der Waals surface area contributed by atoms with Crippen molar-refractivity contribution in [1.29, 1.82) is 0 Å². The van der Waals surface area contributed by atoms with E-state index in [0.717, 1.165) is 16.0 Å². The standard InChI is InChI=1S/C12H6Cl2O3S/c13-7-2-1-6-10(9(7)14)17-4-5-3-8(12(15)16)18-11(5)6/h1-3H,4H2,(H,15,16). The van der Waals surface area contributed by atoms with Crippen LogP contribution < -0.4 is 4.74 Å². The van der Waals surface area contributed by atoms with Gasteiger partial charge in [-0.15, -0.1) is 11.3 Å². The van der Waals surface area contributed by atoms with Gasteiger partial charge in [0, 0.05) is 16.0 Å². The molecule has 0 bridgehead atoms. The molecule has 18 heavy (non-hydrogen) atoms. The number of aromatic carboxylic acids is 1. The molecule has 0 saturated heterocycles. The highest BCUT2D eigenvalue weighted by Crippen LogP contribution is 2.47. The van der Waals surface area contributed by atoms with Gasteiger partial charge in [-0.3, -0.25) is 0 Å². The number of carboxylic acids is 1. The molecule has 0 unspecified atom stereocenters. The lowest BCUT2D eigenvalue weighted by atomic mass is 10.1. The maximum Gasteiger partial charge on any atom is 0.345 e. The second kappa shape index (κ2) is 4.16. The Morgan fingerprint density at radius 2 is 2.17 bits per heavy atom. The minimum atomic E-state index is -0.934. The Labute approximate surface area is 117 Å². The van der Waals surface area contributed by atoms with Crippen LogP contribution in [0.3, 0.4) is 0 Å². The molecule has 0 amide bonds. The van der Waals surface area contributed by atoms with Crippen LogP contribution in [0.15, 0.2) is 18.2 Å². The molecular weight excluding hydrogens is 295 g/mol. The zero-order chi connectivity index (χ0) is 12.9. The predicted molar refractivity (Wildman–Crippen MR) is 71.1 cm³/mol. The van der Waals surface area contributed by atoms with E-state index in [1.807, 2.05) is 0 Å². The Bertz CT molecular complexity index is 664. The van der Waals surface area contributed by atoms with Crippen molar-refractivity contribution in [3.63, 3.8) is 0 Å². The van der Waals surface area contributed by atoms with Gasteiger partial charge in [-0.25, -0.2) is 4.79 Å². The van der Waals surface area contributed by atoms with Gasteiger partial charge in [0.15, 0.2) is 0 Å². The van der Waals surface area contributed by atoms with Gasteiger partial charge in [0.1, 0.15) is 22.3 Å². The van der Waals surface area contributed by atoms with Gasteiger partial charge in [-0.05, 0) is 18.2 Å². The SMILES string of the molecule is O=C(O)c1cc2c(s1)-c1ccc(Cl)c(Cl)c1OC2. The molecule has 92 valence electrons. The minimum Gasteiger partial charge on any atom is -0.487 e. The van der Waals surface area contributed by atoms with Crippen molar-refractivity contribution in [1.82, 2.24) is 0 Å². The Kier molecular flexibility index (Phi) is 2.73. The Balaban J connectivity index is 2.23. The van der Waals surface area contributed by atoms with Crippen molar-refractivity contribution < 1.29 is 14.6 Å². The molecule has 1 aliphatic rings. The van der Waals surface area contributed by atoms with Gasteiger partial charge in [-0.2, -0.15) is 0 Å². The normalized spacial score (nSPS) is 12.6. The molecular formula is C12H6Cl2O3S. The zero-order valence-electron chi connectivity index (χ0n) is 8.87. The molecule has 2 heterocycles. The van der Waals surface area contributed by atoms with E-state index in [9.17, 15) is 4.79 Å². The molecule has 0 saturated carbocycles. The van der Waals surface area contributed by atoms with Crippen LogP contribution in [0.1, 0.15) is 15.2 Å². The number of fused-ring (bicyclic) bond motifs is 3. The molecule has 0 fully saturated rings. The molecule has 3 nitrogen and oxygen atoms in total. The predicted octanol–water partition coefficient (Wildman–Crippen LogP) is 4.31. The second-order valence-corrected chi connectivity index (χ2v) is 5.63. The fraction of sp³-hybridized carbons (Fsp3) is 0.0833. The van der Waals surface area contributed by atoms with Gasteiger partial charge in [0.05, 0.1) is 5.02 Å². The third-order valence-corrected chi connectivity index (χ3v) is 4.67. The highest BCUT2D eigenvalue weighted by molar-refractivity contribution is 7.17. The molecule has 1 aliphatic heterocycles. The molecule has 3 rings (SSSR count). The highest BCUT2D eigenvalue weighted by atomic mass is 35.5. The molecule has 1 aromatic carbocycles. The largest absolute Gasteiger partial charge is 0.487 e. The maximum atomic E-state index is 11.0. The monoisotopic (exact) mass is 300 g/mol. The summed E-state index contributed by atoms with van der Waals surface area (Å²) >= 11 is 13.2. The van der Waals surface area contributed by atoms with E-state index >= 15 is 0 Å². The van der Waals surface area contributed by atoms with E-state index in [4.69, 9.17) is 33.0 Å². The van der Waals surface area contributed by atoms with Crippen LogP contribution in [-0.4, -0.2) is 11.1 Å². The summed E-state index contributed by atoms with van der Waals surface area (Å²) in [4.78, 5) is 12.1. The van der Waals surface area contributed by atoms with E-state index in [1.165, 1.54) is 11.3 Å². The number of halogens is 2. The summed E-state index contributed by atoms with van der Waals surface area (Å²) in [5.74, 6) is -0.411. The molecule has 0 aliphatic carbocycles. The van der Waals surface area contributed by atoms with E-state index in [2.05, 4.69) is 0 Å². The van der Waals surface area contributed by atoms with Crippen LogP contribution in [-0.2, 0) is 6.61 Å². The molecule has 1 aromatic heterocycles. The first-order valence-electron chi connectivity index (χ1n) is 5.05. The zero-order valence-corrected chi connectivity index (χ0v) is 11.2. The fourth-order valence-electron chi connectivity index (χ4n) is 1.87. The smallest absolute Gasteiger partial charge is 0.345 e. The van der Waals surface area contributed by atoms with Crippen molar-refractivity contribution in [3.05, 3.63) is 38.7 Å². The number of carboxylic acid groups (broad SMARTS) is 1. The molecule has 0 spiro atoms. The number of ether oxygens (including phenoxy) is 1. The molecule has 1 N–H and O–H groups in total. The summed E-state index contributed by atoms with van der Waals surface area (Å²) in [6.07, 6.45) is 0. The fourth-order valence-corrected chi connectivity index (χ4v) is 3.27. The average molecular weight is 301 g/mol. The van der Waals surface area contributed by atoms with Crippen molar-refractivity contribution in [3.8, 4) is 16.2 Å². The number of hydrogen-bond donors (Lipinski definition) is 1. The summed E-state index contributed by atoms with van der Waals surface area (Å²) in [7, 11) is 0. The summed E-state index contributed by atoms with van der Waals surface area (Å²) in [6.45, 7) is 0.312. The quantitative estimate of drug-likeness (QED) is 0.853. The van der Waals surface area contributed by atoms with Gasteiger partial charge in [0.2, 0.25) is 0 Å². The number of rotatable bonds is 1. The number of benzene rings is 1. The van der Waals surface area contributed by atoms with Crippen molar-refractivity contribution in [2.45, 2.75) is 6.61 Å². The third-order valence-electron chi connectivity index (χ3n) is 2.69. The van der Waals surface area contributed by atoms with E-state index < -0.39 is 5.97 Å². The lowest BCUT2D eigenvalue weighted by Crippen LogP contribution is -2.03. The van der Waals surface area contributed by atoms with Crippen LogP contribution in [0.5, 0.6) is 5.75 Å². The third kappa shape index (κ3) is 1.68. The number of thiophene rings is 1. The van der Waals surface area contributed by atoms with Crippen LogP contribution in [0, 0.1) is 0 Å². The van der Waals surface area contributed by atoms with Gasteiger partial charge in [0.25, 0.3) is 0 Å². The highest BCUT2D eigenvalue weighted by Gasteiger charge is 2.25. The summed E-state index contributed by atoms with van der Waals surface area (Å²) < 4.78 is 5.55. The first-order chi connectivity index (χ1) is 8.58. The first kappa shape index (κ1) is 11.8. The number of hydrogen-bond acceptors (Lipinski definition) is 3. The van der Waals surface area contributed by atoms with Gasteiger partial charge in [-0.1, -0.05) is 23.2 Å². The van der Waals surface area contributed by atoms with Gasteiger partial charge >= 0.3 is 5.97 Å². The Hall–Kier alpha value is -1.23. The van der Waals surface area contributed by atoms with Crippen LogP contribution >= 0.6 is 34.5 Å². The summed E-state index contributed by atoms with van der Waals surface area (Å²) in [5, 5.41) is 9.79. The van der Waals surface area contributed by atoms with Crippen LogP contribution in [0.2, 0.25) is 10.0 Å². The van der Waals surface area contributed by atoms with Crippen molar-refractivity contribution in [2.24, 2.45) is 0 Å². The van der Waals surface area contributed by atoms with Crippen molar-refractivity contribution >= 4 is 40.5 Å². The lowest BCUT2D eigenvalue weighted by molar-refractivity contribution is 0.0702. The summed E-state index contributed by atoms with van der Waals surface area (Å²) in [6, 6.07) is 5.11. The molecule has 0 atom stereocenters. The Morgan fingerprint density at radius 1 is 1.39 bits per heavy atom. The van der Waals surface area contributed by atoms with E-state index in [1.54, 1.807) is 18.2 Å². The maximum absolute atomic E-state index is 11.0. The first-order valence-corrected chi connectivity index (χ1v) is 6.62. The average Bonchev–Trinajstić information content (AvgIpc) is 2.77. The number of carbonyl (C=O) groups is 1. The minimum absolute atomic E-state index is 0.294. The lowest BCUT2D eigenvalue weighted by Gasteiger charge is -2.19. The summed E-state index contributed by atoms with van der Waals surface area (Å²) in [5.41, 5.74) is 1.66. The van der Waals surface area contributed by atoms with Crippen LogP contribution in [0.25, 0.3) is 10.4 Å².